The SMILES string of the molecule is CCN(C[C@H]1CCCO1)C(=O)C1=N[C@H](C)C(=O)N(c2ccccc2)N1. The molecule has 2 atom stereocenters. The summed E-state index contributed by atoms with van der Waals surface area (Å²) >= 11 is 0. The van der Waals surface area contributed by atoms with Gasteiger partial charge in [0.05, 0.1) is 11.8 Å². The van der Waals surface area contributed by atoms with Gasteiger partial charge in [-0.25, -0.2) is 10.0 Å². The number of rotatable bonds is 5. The Morgan fingerprint density at radius 3 is 2.80 bits per heavy atom. The van der Waals surface area contributed by atoms with Gasteiger partial charge >= 0.3 is 0 Å². The second kappa shape index (κ2) is 7.65. The molecule has 0 spiro atoms. The number of aliphatic imine (C=N–C) groups is 1. The number of carbonyl (C=O) groups is 2. The Kier molecular flexibility index (Phi) is 5.33. The van der Waals surface area contributed by atoms with Gasteiger partial charge in [0.2, 0.25) is 5.84 Å². The molecule has 2 aliphatic rings. The number of hydrogen-bond donors (Lipinski definition) is 1. The van der Waals surface area contributed by atoms with Crippen LogP contribution >= 0.6 is 0 Å². The standard InChI is InChI=1S/C18H24N4O3/c1-3-21(12-15-10-7-11-25-15)18(24)16-19-13(2)17(23)22(20-16)14-8-5-4-6-9-14/h4-6,8-9,13,15H,3,7,10-12H2,1-2H3,(H,19,20)/t13-,15-/m1/s1. The lowest BCUT2D eigenvalue weighted by molar-refractivity contribution is -0.126. The Hall–Kier alpha value is -2.41. The van der Waals surface area contributed by atoms with Crippen LogP contribution in [-0.4, -0.2) is 54.4 Å². The van der Waals surface area contributed by atoms with Gasteiger partial charge in [-0.15, -0.1) is 0 Å². The molecule has 0 aliphatic carbocycles. The summed E-state index contributed by atoms with van der Waals surface area (Å²) in [5.41, 5.74) is 3.57. The van der Waals surface area contributed by atoms with Crippen molar-refractivity contribution in [3.8, 4) is 0 Å². The van der Waals surface area contributed by atoms with Crippen molar-refractivity contribution in [1.82, 2.24) is 10.3 Å². The van der Waals surface area contributed by atoms with Gasteiger partial charge in [0.25, 0.3) is 11.8 Å². The van der Waals surface area contributed by atoms with Crippen LogP contribution in [0.1, 0.15) is 26.7 Å². The third-order valence-corrected chi connectivity index (χ3v) is 4.45. The molecule has 3 rings (SSSR count). The number of carbonyl (C=O) groups excluding carboxylic acids is 2. The van der Waals surface area contributed by atoms with E-state index in [0.29, 0.717) is 18.8 Å². The molecule has 0 saturated carbocycles. The normalized spacial score (nSPS) is 23.2. The number of nitrogens with one attached hydrogen (secondary N) is 1. The van der Waals surface area contributed by atoms with E-state index in [9.17, 15) is 9.59 Å². The summed E-state index contributed by atoms with van der Waals surface area (Å²) in [4.78, 5) is 31.3. The van der Waals surface area contributed by atoms with Gasteiger partial charge in [-0.05, 0) is 38.8 Å². The van der Waals surface area contributed by atoms with Gasteiger partial charge in [-0.3, -0.25) is 15.0 Å². The quantitative estimate of drug-likeness (QED) is 0.875. The van der Waals surface area contributed by atoms with Crippen molar-refractivity contribution in [3.05, 3.63) is 30.3 Å². The fraction of sp³-hybridized carbons (Fsp3) is 0.500. The largest absolute Gasteiger partial charge is 0.376 e. The van der Waals surface area contributed by atoms with E-state index in [2.05, 4.69) is 10.4 Å². The first-order valence-corrected chi connectivity index (χ1v) is 8.74. The topological polar surface area (TPSA) is 74.2 Å². The van der Waals surface area contributed by atoms with Crippen molar-refractivity contribution in [2.24, 2.45) is 4.99 Å². The lowest BCUT2D eigenvalue weighted by Crippen LogP contribution is -2.58. The van der Waals surface area contributed by atoms with Crippen molar-refractivity contribution < 1.29 is 14.3 Å². The molecule has 25 heavy (non-hydrogen) atoms. The number of hydrazine groups is 1. The van der Waals surface area contributed by atoms with Gasteiger partial charge < -0.3 is 9.64 Å². The Morgan fingerprint density at radius 1 is 1.40 bits per heavy atom. The van der Waals surface area contributed by atoms with Gasteiger partial charge in [0.1, 0.15) is 6.04 Å². The molecule has 0 aromatic heterocycles. The molecule has 1 saturated heterocycles. The van der Waals surface area contributed by atoms with Gasteiger partial charge in [-0.2, -0.15) is 0 Å². The molecule has 0 unspecified atom stereocenters. The summed E-state index contributed by atoms with van der Waals surface area (Å²) in [7, 11) is 0. The van der Waals surface area contributed by atoms with Crippen LogP contribution in [0.3, 0.4) is 0 Å². The summed E-state index contributed by atoms with van der Waals surface area (Å²) in [6.07, 6.45) is 2.08. The predicted molar refractivity (Wildman–Crippen MR) is 95.2 cm³/mol. The van der Waals surface area contributed by atoms with Crippen LogP contribution in [0.25, 0.3) is 0 Å². The summed E-state index contributed by atoms with van der Waals surface area (Å²) in [6, 6.07) is 8.59. The molecule has 1 N–H and O–H groups in total. The Morgan fingerprint density at radius 2 is 2.16 bits per heavy atom. The smallest absolute Gasteiger partial charge is 0.290 e. The number of likely N-dealkylation sites (N-methyl/N-ethyl adjacent to an activating group) is 1. The fourth-order valence-electron chi connectivity index (χ4n) is 3.04. The predicted octanol–water partition coefficient (Wildman–Crippen LogP) is 1.35. The molecule has 2 amide bonds. The molecule has 2 aliphatic heterocycles. The minimum atomic E-state index is -0.609. The third-order valence-electron chi connectivity index (χ3n) is 4.45. The Labute approximate surface area is 147 Å². The van der Waals surface area contributed by atoms with E-state index in [1.807, 2.05) is 37.3 Å². The molecule has 1 fully saturated rings. The maximum atomic E-state index is 12.9. The van der Waals surface area contributed by atoms with Crippen molar-refractivity contribution in [3.63, 3.8) is 0 Å². The molecular formula is C18H24N4O3. The summed E-state index contributed by atoms with van der Waals surface area (Å²) in [5.74, 6) is -0.209. The van der Waals surface area contributed by atoms with E-state index in [-0.39, 0.29) is 23.8 Å². The number of anilines is 1. The number of amidine groups is 1. The number of ether oxygens (including phenoxy) is 1. The van der Waals surface area contributed by atoms with Crippen LogP contribution in [0.15, 0.2) is 35.3 Å². The van der Waals surface area contributed by atoms with Crippen molar-refractivity contribution in [2.45, 2.75) is 38.8 Å². The number of hydrogen-bond acceptors (Lipinski definition) is 5. The fourth-order valence-corrected chi connectivity index (χ4v) is 3.04. The highest BCUT2D eigenvalue weighted by atomic mass is 16.5. The first-order valence-electron chi connectivity index (χ1n) is 8.74. The molecular weight excluding hydrogens is 320 g/mol. The van der Waals surface area contributed by atoms with Crippen molar-refractivity contribution >= 4 is 23.3 Å². The van der Waals surface area contributed by atoms with E-state index in [4.69, 9.17) is 4.74 Å². The van der Waals surface area contributed by atoms with Crippen LogP contribution in [-0.2, 0) is 14.3 Å². The van der Waals surface area contributed by atoms with Crippen LogP contribution in [0, 0.1) is 0 Å². The van der Waals surface area contributed by atoms with Crippen LogP contribution in [0.2, 0.25) is 0 Å². The Balaban J connectivity index is 1.76. The molecule has 1 aromatic carbocycles. The lowest BCUT2D eigenvalue weighted by Gasteiger charge is -2.33. The first-order chi connectivity index (χ1) is 12.1. The number of amides is 2. The molecule has 7 heteroatoms. The molecule has 1 aromatic rings. The third kappa shape index (κ3) is 3.82. The molecule has 134 valence electrons. The van der Waals surface area contributed by atoms with E-state index in [1.54, 1.807) is 11.8 Å². The number of para-hydroxylation sites is 1. The van der Waals surface area contributed by atoms with Crippen LogP contribution in [0.4, 0.5) is 5.69 Å². The van der Waals surface area contributed by atoms with Crippen LogP contribution in [0.5, 0.6) is 0 Å². The zero-order valence-corrected chi connectivity index (χ0v) is 14.6. The number of nitrogens with zero attached hydrogens (tertiary/aromatic N) is 3. The Bertz CT molecular complexity index is 656. The minimum absolute atomic E-state index is 0.0809. The molecule has 2 heterocycles. The van der Waals surface area contributed by atoms with E-state index >= 15 is 0 Å². The highest BCUT2D eigenvalue weighted by Crippen LogP contribution is 2.17. The van der Waals surface area contributed by atoms with Gasteiger partial charge in [0, 0.05) is 19.7 Å². The molecule has 7 nitrogen and oxygen atoms in total. The molecule has 0 bridgehead atoms. The molecule has 0 radical (unpaired) electrons. The summed E-state index contributed by atoms with van der Waals surface area (Å²) < 4.78 is 5.63. The minimum Gasteiger partial charge on any atom is -0.376 e. The van der Waals surface area contributed by atoms with Crippen molar-refractivity contribution in [2.75, 3.05) is 24.7 Å². The van der Waals surface area contributed by atoms with Crippen LogP contribution < -0.4 is 10.4 Å². The average molecular weight is 344 g/mol. The summed E-state index contributed by atoms with van der Waals surface area (Å²) in [6.45, 7) is 5.49. The van der Waals surface area contributed by atoms with Gasteiger partial charge in [-0.1, -0.05) is 18.2 Å². The van der Waals surface area contributed by atoms with E-state index < -0.39 is 6.04 Å². The second-order valence-corrected chi connectivity index (χ2v) is 6.25. The average Bonchev–Trinajstić information content (AvgIpc) is 3.15. The van der Waals surface area contributed by atoms with Gasteiger partial charge in [0.15, 0.2) is 0 Å². The first kappa shape index (κ1) is 17.4. The second-order valence-electron chi connectivity index (χ2n) is 6.25. The van der Waals surface area contributed by atoms with Crippen molar-refractivity contribution in [1.29, 1.82) is 0 Å². The highest BCUT2D eigenvalue weighted by Gasteiger charge is 2.33. The number of benzene rings is 1. The maximum Gasteiger partial charge on any atom is 0.290 e. The zero-order chi connectivity index (χ0) is 17.8. The monoisotopic (exact) mass is 344 g/mol. The zero-order valence-electron chi connectivity index (χ0n) is 14.6. The van der Waals surface area contributed by atoms with E-state index in [1.165, 1.54) is 5.01 Å². The summed E-state index contributed by atoms with van der Waals surface area (Å²) in [5, 5.41) is 1.39. The highest BCUT2D eigenvalue weighted by molar-refractivity contribution is 6.39. The van der Waals surface area contributed by atoms with E-state index in [0.717, 1.165) is 19.4 Å². The maximum absolute atomic E-state index is 12.9. The lowest BCUT2D eigenvalue weighted by atomic mass is 10.2.